The smallest absolute Gasteiger partial charge is 0.305 e. The van der Waals surface area contributed by atoms with Crippen molar-refractivity contribution in [1.82, 2.24) is 5.32 Å². The van der Waals surface area contributed by atoms with E-state index in [-0.39, 0.29) is 18.4 Å². The lowest BCUT2D eigenvalue weighted by molar-refractivity contribution is -0.701. The average molecular weight is 441 g/mol. The number of ether oxygens (including phenoxy) is 1. The average Bonchev–Trinajstić information content (AvgIpc) is 2.75. The van der Waals surface area contributed by atoms with E-state index in [1.807, 2.05) is 0 Å². The van der Waals surface area contributed by atoms with Crippen LogP contribution in [0.4, 0.5) is 0 Å². The van der Waals surface area contributed by atoms with Gasteiger partial charge in [0.05, 0.1) is 7.11 Å². The fourth-order valence-corrected chi connectivity index (χ4v) is 3.67. The Morgan fingerprint density at radius 2 is 1.13 bits per heavy atom. The molecule has 1 heterocycles. The Balaban J connectivity index is 0.00000841. The molecule has 0 aliphatic heterocycles. The van der Waals surface area contributed by atoms with Crippen molar-refractivity contribution < 1.29 is 26.5 Å². The monoisotopic (exact) mass is 440 g/mol. The molecule has 1 rings (SSSR count). The Labute approximate surface area is 191 Å². The predicted octanol–water partition coefficient (Wildman–Crippen LogP) is 2.94. The number of nitrogens with zero attached hydrogens (tertiary/aromatic N) is 1. The number of pyridine rings is 1. The molecule has 0 atom stereocenters. The van der Waals surface area contributed by atoms with E-state index in [0.717, 1.165) is 26.1 Å². The summed E-state index contributed by atoms with van der Waals surface area (Å²) in [5.41, 5.74) is 0. The molecule has 0 aliphatic rings. The molecule has 0 unspecified atom stereocenters. The first kappa shape index (κ1) is 28.9. The highest BCUT2D eigenvalue weighted by molar-refractivity contribution is 5.68. The van der Waals surface area contributed by atoms with Crippen molar-refractivity contribution in [2.45, 2.75) is 109 Å². The van der Waals surface area contributed by atoms with Gasteiger partial charge in [-0.25, -0.2) is 0 Å². The SMILES string of the molecule is COC(=O)CCCCCCCCCCCCCCCCCNC[n+]1ccccc1.[Cl-]. The maximum Gasteiger partial charge on any atom is 0.305 e. The molecule has 0 spiro atoms. The van der Waals surface area contributed by atoms with Gasteiger partial charge in [-0.2, -0.15) is 4.57 Å². The summed E-state index contributed by atoms with van der Waals surface area (Å²) in [4.78, 5) is 11.0. The number of hydrogen-bond acceptors (Lipinski definition) is 3. The largest absolute Gasteiger partial charge is 1.00 e. The Morgan fingerprint density at radius 3 is 1.60 bits per heavy atom. The van der Waals surface area contributed by atoms with Gasteiger partial charge in [0.15, 0.2) is 12.4 Å². The first-order chi connectivity index (χ1) is 14.3. The molecule has 0 fully saturated rings. The minimum atomic E-state index is -0.0694. The summed E-state index contributed by atoms with van der Waals surface area (Å²) >= 11 is 0. The van der Waals surface area contributed by atoms with Crippen LogP contribution in [0.2, 0.25) is 0 Å². The normalized spacial score (nSPS) is 10.6. The molecule has 0 aliphatic carbocycles. The van der Waals surface area contributed by atoms with Crippen molar-refractivity contribution >= 4 is 5.97 Å². The van der Waals surface area contributed by atoms with Gasteiger partial charge in [-0.1, -0.05) is 89.5 Å². The number of carbonyl (C=O) groups excluding carboxylic acids is 1. The summed E-state index contributed by atoms with van der Waals surface area (Å²) < 4.78 is 6.83. The summed E-state index contributed by atoms with van der Waals surface area (Å²) in [5, 5.41) is 3.50. The van der Waals surface area contributed by atoms with Crippen molar-refractivity contribution in [2.24, 2.45) is 0 Å². The zero-order valence-electron chi connectivity index (χ0n) is 19.3. The zero-order valence-corrected chi connectivity index (χ0v) is 20.0. The highest BCUT2D eigenvalue weighted by Gasteiger charge is 1.99. The maximum absolute atomic E-state index is 11.0. The van der Waals surface area contributed by atoms with E-state index in [9.17, 15) is 4.79 Å². The third-order valence-electron chi connectivity index (χ3n) is 5.53. The van der Waals surface area contributed by atoms with Crippen molar-refractivity contribution in [1.29, 1.82) is 0 Å². The van der Waals surface area contributed by atoms with Gasteiger partial charge >= 0.3 is 5.97 Å². The van der Waals surface area contributed by atoms with Gasteiger partial charge in [-0.15, -0.1) is 0 Å². The lowest BCUT2D eigenvalue weighted by atomic mass is 10.0. The number of carbonyl (C=O) groups is 1. The van der Waals surface area contributed by atoms with Crippen molar-refractivity contribution in [2.75, 3.05) is 13.7 Å². The van der Waals surface area contributed by atoms with Crippen LogP contribution in [-0.4, -0.2) is 19.6 Å². The van der Waals surface area contributed by atoms with Gasteiger partial charge in [-0.05, 0) is 12.8 Å². The van der Waals surface area contributed by atoms with Gasteiger partial charge in [0, 0.05) is 25.1 Å². The van der Waals surface area contributed by atoms with Gasteiger partial charge in [0.2, 0.25) is 6.67 Å². The minimum absolute atomic E-state index is 0. The molecular formula is C25H45ClN2O2. The van der Waals surface area contributed by atoms with E-state index in [1.165, 1.54) is 90.6 Å². The molecule has 1 aromatic heterocycles. The molecule has 5 heteroatoms. The topological polar surface area (TPSA) is 42.2 Å². The Bertz CT molecular complexity index is 485. The molecule has 0 radical (unpaired) electrons. The number of esters is 1. The third kappa shape index (κ3) is 18.9. The number of rotatable bonds is 20. The molecule has 4 nitrogen and oxygen atoms in total. The van der Waals surface area contributed by atoms with Crippen LogP contribution >= 0.6 is 0 Å². The van der Waals surface area contributed by atoms with Crippen LogP contribution in [0, 0.1) is 0 Å². The van der Waals surface area contributed by atoms with E-state index in [0.29, 0.717) is 6.42 Å². The molecule has 0 bridgehead atoms. The summed E-state index contributed by atoms with van der Waals surface area (Å²) in [6, 6.07) is 6.19. The second kappa shape index (κ2) is 22.6. The molecule has 0 saturated carbocycles. The molecule has 174 valence electrons. The van der Waals surface area contributed by atoms with Crippen LogP contribution in [-0.2, 0) is 16.2 Å². The second-order valence-electron chi connectivity index (χ2n) is 8.18. The third-order valence-corrected chi connectivity index (χ3v) is 5.53. The molecule has 0 saturated heterocycles. The second-order valence-corrected chi connectivity index (χ2v) is 8.18. The minimum Gasteiger partial charge on any atom is -1.00 e. The molecule has 30 heavy (non-hydrogen) atoms. The van der Waals surface area contributed by atoms with Crippen molar-refractivity contribution in [3.63, 3.8) is 0 Å². The van der Waals surface area contributed by atoms with E-state index in [4.69, 9.17) is 0 Å². The number of aromatic nitrogens is 1. The van der Waals surface area contributed by atoms with Crippen LogP contribution in [0.1, 0.15) is 103 Å². The quantitative estimate of drug-likeness (QED) is 0.192. The van der Waals surface area contributed by atoms with Gasteiger partial charge in [0.1, 0.15) is 0 Å². The molecule has 1 aromatic rings. The van der Waals surface area contributed by atoms with Crippen molar-refractivity contribution in [3.05, 3.63) is 30.6 Å². The lowest BCUT2D eigenvalue weighted by Gasteiger charge is -2.04. The highest BCUT2D eigenvalue weighted by atomic mass is 35.5. The first-order valence-corrected chi connectivity index (χ1v) is 12.0. The number of hydrogen-bond donors (Lipinski definition) is 1. The Hall–Kier alpha value is -1.13. The maximum atomic E-state index is 11.0. The Morgan fingerprint density at radius 1 is 0.700 bits per heavy atom. The number of methoxy groups -OCH3 is 1. The number of unbranched alkanes of at least 4 members (excludes halogenated alkanes) is 14. The van der Waals surface area contributed by atoms with Crippen LogP contribution < -0.4 is 22.3 Å². The molecule has 0 amide bonds. The van der Waals surface area contributed by atoms with Crippen LogP contribution in [0.25, 0.3) is 0 Å². The van der Waals surface area contributed by atoms with Crippen LogP contribution in [0.15, 0.2) is 30.6 Å². The standard InChI is InChI=1S/C25H45N2O2.ClH/c1-29-25(28)20-16-13-11-9-7-5-3-2-4-6-8-10-12-14-17-21-26-24-27-22-18-15-19-23-27;/h15,18-19,22-23,26H,2-14,16-17,20-21,24H2,1H3;1H/q+1;/p-1. The summed E-state index contributed by atoms with van der Waals surface area (Å²) in [7, 11) is 1.47. The molecule has 0 aromatic carbocycles. The fraction of sp³-hybridized carbons (Fsp3) is 0.760. The van der Waals surface area contributed by atoms with Crippen LogP contribution in [0.5, 0.6) is 0 Å². The van der Waals surface area contributed by atoms with E-state index in [1.54, 1.807) is 0 Å². The molecule has 1 N–H and O–H groups in total. The lowest BCUT2D eigenvalue weighted by Crippen LogP contribution is -3.00. The number of halogens is 1. The van der Waals surface area contributed by atoms with Gasteiger partial charge < -0.3 is 17.1 Å². The first-order valence-electron chi connectivity index (χ1n) is 12.0. The van der Waals surface area contributed by atoms with E-state index < -0.39 is 0 Å². The van der Waals surface area contributed by atoms with E-state index >= 15 is 0 Å². The summed E-state index contributed by atoms with van der Waals surface area (Å²) in [6.07, 6.45) is 24.7. The van der Waals surface area contributed by atoms with Crippen molar-refractivity contribution in [3.8, 4) is 0 Å². The zero-order chi connectivity index (χ0) is 20.8. The molecular weight excluding hydrogens is 396 g/mol. The van der Waals surface area contributed by atoms with Gasteiger partial charge in [0.25, 0.3) is 0 Å². The van der Waals surface area contributed by atoms with Crippen LogP contribution in [0.3, 0.4) is 0 Å². The number of nitrogens with one attached hydrogen (secondary N) is 1. The summed E-state index contributed by atoms with van der Waals surface area (Å²) in [6.45, 7) is 2.03. The fourth-order valence-electron chi connectivity index (χ4n) is 3.67. The Kier molecular flexibility index (Phi) is 21.7. The summed E-state index contributed by atoms with van der Waals surface area (Å²) in [5.74, 6) is -0.0694. The van der Waals surface area contributed by atoms with Gasteiger partial charge in [-0.3, -0.25) is 10.1 Å². The predicted molar refractivity (Wildman–Crippen MR) is 121 cm³/mol. The van der Waals surface area contributed by atoms with E-state index in [2.05, 4.69) is 45.2 Å². The highest BCUT2D eigenvalue weighted by Crippen LogP contribution is 2.13.